The van der Waals surface area contributed by atoms with Gasteiger partial charge in [0.1, 0.15) is 5.82 Å². The predicted molar refractivity (Wildman–Crippen MR) is 82.9 cm³/mol. The van der Waals surface area contributed by atoms with Crippen molar-refractivity contribution in [3.8, 4) is 0 Å². The highest BCUT2D eigenvalue weighted by Gasteiger charge is 2.17. The molecule has 0 aliphatic carbocycles. The van der Waals surface area contributed by atoms with Crippen molar-refractivity contribution < 1.29 is 4.39 Å². The van der Waals surface area contributed by atoms with Crippen molar-refractivity contribution in [3.63, 3.8) is 0 Å². The normalized spacial score (nSPS) is 12.2. The van der Waals surface area contributed by atoms with Crippen LogP contribution in [0.4, 0.5) is 15.8 Å². The lowest BCUT2D eigenvalue weighted by atomic mass is 10.0. The van der Waals surface area contributed by atoms with Gasteiger partial charge in [-0.1, -0.05) is 23.8 Å². The van der Waals surface area contributed by atoms with Gasteiger partial charge in [-0.2, -0.15) is 0 Å². The van der Waals surface area contributed by atoms with E-state index in [0.717, 1.165) is 17.9 Å². The van der Waals surface area contributed by atoms with Gasteiger partial charge >= 0.3 is 0 Å². The van der Waals surface area contributed by atoms with Crippen molar-refractivity contribution in [2.24, 2.45) is 5.73 Å². The van der Waals surface area contributed by atoms with Gasteiger partial charge in [-0.3, -0.25) is 0 Å². The molecule has 2 rings (SSSR count). The van der Waals surface area contributed by atoms with E-state index in [2.05, 4.69) is 43.0 Å². The quantitative estimate of drug-likeness (QED) is 0.898. The molecule has 0 unspecified atom stereocenters. The summed E-state index contributed by atoms with van der Waals surface area (Å²) in [7, 11) is 0. The van der Waals surface area contributed by atoms with Crippen molar-refractivity contribution in [1.29, 1.82) is 0 Å². The van der Waals surface area contributed by atoms with Gasteiger partial charge in [-0.15, -0.1) is 0 Å². The van der Waals surface area contributed by atoms with Crippen LogP contribution < -0.4 is 10.6 Å². The zero-order valence-electron chi connectivity index (χ0n) is 12.2. The fourth-order valence-corrected chi connectivity index (χ4v) is 2.43. The molecular formula is C17H21FN2. The van der Waals surface area contributed by atoms with Gasteiger partial charge < -0.3 is 10.6 Å². The number of nitrogens with two attached hydrogens (primary N) is 1. The maximum atomic E-state index is 14.1. The summed E-state index contributed by atoms with van der Waals surface area (Å²) in [6, 6.07) is 13.0. The van der Waals surface area contributed by atoms with E-state index in [9.17, 15) is 4.39 Å². The van der Waals surface area contributed by atoms with Gasteiger partial charge in [0, 0.05) is 29.5 Å². The molecule has 3 heteroatoms. The van der Waals surface area contributed by atoms with Crippen LogP contribution in [0.5, 0.6) is 0 Å². The molecule has 0 fully saturated rings. The maximum Gasteiger partial charge on any atom is 0.130 e. The lowest BCUT2D eigenvalue weighted by Gasteiger charge is -2.27. The second kappa shape index (κ2) is 6.06. The van der Waals surface area contributed by atoms with Crippen LogP contribution in [0, 0.1) is 12.7 Å². The van der Waals surface area contributed by atoms with Gasteiger partial charge in [-0.25, -0.2) is 4.39 Å². The average Bonchev–Trinajstić information content (AvgIpc) is 2.41. The largest absolute Gasteiger partial charge is 0.341 e. The van der Waals surface area contributed by atoms with Crippen molar-refractivity contribution in [2.45, 2.75) is 26.8 Å². The van der Waals surface area contributed by atoms with E-state index >= 15 is 0 Å². The van der Waals surface area contributed by atoms with Crippen LogP contribution in [-0.2, 0) is 0 Å². The minimum absolute atomic E-state index is 0.247. The van der Waals surface area contributed by atoms with E-state index < -0.39 is 0 Å². The zero-order valence-corrected chi connectivity index (χ0v) is 12.2. The van der Waals surface area contributed by atoms with Crippen molar-refractivity contribution in [3.05, 3.63) is 59.4 Å². The standard InChI is InChI=1S/C17H21FN2/c1-4-20(14-10-8-12(2)9-11-14)16-7-5-6-15(18)17(16)13(3)19/h5-11,13H,4,19H2,1-3H3/t13-/m0/s1. The summed E-state index contributed by atoms with van der Waals surface area (Å²) in [5.41, 5.74) is 9.60. The number of hydrogen-bond acceptors (Lipinski definition) is 2. The van der Waals surface area contributed by atoms with Crippen molar-refractivity contribution >= 4 is 11.4 Å². The summed E-state index contributed by atoms with van der Waals surface area (Å²) in [6.45, 7) is 6.67. The highest BCUT2D eigenvalue weighted by Crippen LogP contribution is 2.32. The molecule has 0 aliphatic heterocycles. The molecule has 1 atom stereocenters. The van der Waals surface area contributed by atoms with E-state index in [-0.39, 0.29) is 11.9 Å². The Labute approximate surface area is 120 Å². The SMILES string of the molecule is CCN(c1ccc(C)cc1)c1cccc(F)c1[C@H](C)N. The fourth-order valence-electron chi connectivity index (χ4n) is 2.43. The molecule has 0 saturated heterocycles. The third kappa shape index (κ3) is 2.83. The first-order chi connectivity index (χ1) is 9.54. The molecule has 0 saturated carbocycles. The van der Waals surface area contributed by atoms with Crippen LogP contribution in [0.1, 0.15) is 31.0 Å². The minimum atomic E-state index is -0.342. The maximum absolute atomic E-state index is 14.1. The van der Waals surface area contributed by atoms with Crippen molar-refractivity contribution in [2.75, 3.05) is 11.4 Å². The minimum Gasteiger partial charge on any atom is -0.341 e. The summed E-state index contributed by atoms with van der Waals surface area (Å²) >= 11 is 0. The molecule has 0 amide bonds. The molecule has 0 heterocycles. The molecular weight excluding hydrogens is 251 g/mol. The molecule has 2 nitrogen and oxygen atoms in total. The molecule has 0 radical (unpaired) electrons. The second-order valence-electron chi connectivity index (χ2n) is 5.04. The highest BCUT2D eigenvalue weighted by atomic mass is 19.1. The lowest BCUT2D eigenvalue weighted by Crippen LogP contribution is -2.21. The Morgan fingerprint density at radius 3 is 2.35 bits per heavy atom. The van der Waals surface area contributed by atoms with E-state index in [0.29, 0.717) is 5.56 Å². The Bertz CT molecular complexity index is 576. The molecule has 0 spiro atoms. The molecule has 20 heavy (non-hydrogen) atoms. The first-order valence-corrected chi connectivity index (χ1v) is 6.92. The Kier molecular flexibility index (Phi) is 4.40. The molecule has 0 aromatic heterocycles. The van der Waals surface area contributed by atoms with Crippen LogP contribution in [0.25, 0.3) is 0 Å². The van der Waals surface area contributed by atoms with E-state index in [4.69, 9.17) is 5.73 Å². The summed E-state index contributed by atoms with van der Waals surface area (Å²) < 4.78 is 14.1. The Balaban J connectivity index is 2.52. The van der Waals surface area contributed by atoms with Crippen LogP contribution in [0.2, 0.25) is 0 Å². The fraction of sp³-hybridized carbons (Fsp3) is 0.294. The predicted octanol–water partition coefficient (Wildman–Crippen LogP) is 4.31. The Morgan fingerprint density at radius 1 is 1.15 bits per heavy atom. The summed E-state index contributed by atoms with van der Waals surface area (Å²) in [4.78, 5) is 2.08. The number of nitrogens with zero attached hydrogens (tertiary/aromatic N) is 1. The average molecular weight is 272 g/mol. The molecule has 2 aromatic carbocycles. The third-order valence-corrected chi connectivity index (χ3v) is 3.44. The summed E-state index contributed by atoms with van der Waals surface area (Å²) in [5.74, 6) is -0.247. The number of aryl methyl sites for hydroxylation is 1. The number of anilines is 2. The molecule has 106 valence electrons. The number of benzene rings is 2. The monoisotopic (exact) mass is 272 g/mol. The van der Waals surface area contributed by atoms with E-state index in [1.807, 2.05) is 13.0 Å². The smallest absolute Gasteiger partial charge is 0.130 e. The number of rotatable bonds is 4. The molecule has 0 aliphatic rings. The van der Waals surface area contributed by atoms with Crippen LogP contribution >= 0.6 is 0 Å². The highest BCUT2D eigenvalue weighted by molar-refractivity contribution is 5.67. The second-order valence-corrected chi connectivity index (χ2v) is 5.04. The Hall–Kier alpha value is -1.87. The van der Waals surface area contributed by atoms with Crippen LogP contribution in [0.3, 0.4) is 0 Å². The first-order valence-electron chi connectivity index (χ1n) is 6.92. The third-order valence-electron chi connectivity index (χ3n) is 3.44. The molecule has 0 bridgehead atoms. The summed E-state index contributed by atoms with van der Waals surface area (Å²) in [5, 5.41) is 0. The van der Waals surface area contributed by atoms with Crippen molar-refractivity contribution in [1.82, 2.24) is 0 Å². The van der Waals surface area contributed by atoms with E-state index in [1.54, 1.807) is 6.07 Å². The summed E-state index contributed by atoms with van der Waals surface area (Å²) in [6.07, 6.45) is 0. The van der Waals surface area contributed by atoms with Crippen LogP contribution in [-0.4, -0.2) is 6.54 Å². The molecule has 2 aromatic rings. The van der Waals surface area contributed by atoms with Crippen LogP contribution in [0.15, 0.2) is 42.5 Å². The van der Waals surface area contributed by atoms with Gasteiger partial charge in [-0.05, 0) is 45.0 Å². The van der Waals surface area contributed by atoms with Gasteiger partial charge in [0.2, 0.25) is 0 Å². The number of hydrogen-bond donors (Lipinski definition) is 1. The zero-order chi connectivity index (χ0) is 14.7. The van der Waals surface area contributed by atoms with Gasteiger partial charge in [0.15, 0.2) is 0 Å². The topological polar surface area (TPSA) is 29.3 Å². The first kappa shape index (κ1) is 14.5. The van der Waals surface area contributed by atoms with Gasteiger partial charge in [0.25, 0.3) is 0 Å². The van der Waals surface area contributed by atoms with Gasteiger partial charge in [0.05, 0.1) is 0 Å². The Morgan fingerprint density at radius 2 is 1.80 bits per heavy atom. The molecule has 2 N–H and O–H groups in total. The van der Waals surface area contributed by atoms with E-state index in [1.165, 1.54) is 11.6 Å². The lowest BCUT2D eigenvalue weighted by molar-refractivity contribution is 0.593. The number of halogens is 1.